The van der Waals surface area contributed by atoms with Gasteiger partial charge in [-0.15, -0.1) is 0 Å². The van der Waals surface area contributed by atoms with Crippen LogP contribution in [0.25, 0.3) is 22.3 Å². The van der Waals surface area contributed by atoms with Gasteiger partial charge in [0, 0.05) is 31.7 Å². The van der Waals surface area contributed by atoms with Crippen molar-refractivity contribution < 1.29 is 32.8 Å². The zero-order valence-corrected chi connectivity index (χ0v) is 26.5. The summed E-state index contributed by atoms with van der Waals surface area (Å²) >= 11 is 0. The van der Waals surface area contributed by atoms with Crippen molar-refractivity contribution in [2.45, 2.75) is 75.5 Å². The fourth-order valence-electron chi connectivity index (χ4n) is 6.27. The largest absolute Gasteiger partial charge is 1.00 e. The molecule has 2 saturated carbocycles. The predicted octanol–water partition coefficient (Wildman–Crippen LogP) is 6.86. The van der Waals surface area contributed by atoms with Crippen LogP contribution in [0, 0.1) is 6.07 Å². The Kier molecular flexibility index (Phi) is 13.9. The standard InChI is InChI=1S/C24H31P.C12H10N.ClH.Pd/c1-4-12-20(13-5-1)23-18-10-11-19-24(23)25(21-14-6-2-7-15-21)22-16-8-3-9-17-22;13-12-9-5-4-8-11(12)10-6-2-1-3-7-10;;/h1,4-5,10-13,18-19,21-22H,2-3,6-9,14-17H2;1-6,8-9H,13H2;1H;/p-1. The van der Waals surface area contributed by atoms with Crippen molar-refractivity contribution in [3.8, 4) is 22.3 Å². The Hall–Kier alpha value is -1.94. The fourth-order valence-corrected chi connectivity index (χ4v) is 10.2. The Balaban J connectivity index is 0.000000250. The summed E-state index contributed by atoms with van der Waals surface area (Å²) in [5.74, 6) is 0. The van der Waals surface area contributed by atoms with Crippen molar-refractivity contribution in [3.05, 3.63) is 109 Å². The molecule has 4 heteroatoms. The summed E-state index contributed by atoms with van der Waals surface area (Å²) in [6, 6.07) is 39.3. The van der Waals surface area contributed by atoms with E-state index in [1.807, 2.05) is 48.5 Å². The second kappa shape index (κ2) is 17.1. The third kappa shape index (κ3) is 8.54. The summed E-state index contributed by atoms with van der Waals surface area (Å²) in [7, 11) is -0.0365. The van der Waals surface area contributed by atoms with Gasteiger partial charge in [0.2, 0.25) is 0 Å². The van der Waals surface area contributed by atoms with Crippen LogP contribution >= 0.6 is 7.92 Å². The first kappa shape index (κ1) is 32.6. The van der Waals surface area contributed by atoms with Crippen LogP contribution in [0.3, 0.4) is 0 Å². The first-order valence-electron chi connectivity index (χ1n) is 14.6. The molecule has 2 fully saturated rings. The number of hydrogen-bond acceptors (Lipinski definition) is 1. The Morgan fingerprint density at radius 2 is 1.10 bits per heavy atom. The Labute approximate surface area is 263 Å². The molecule has 0 heterocycles. The second-order valence-corrected chi connectivity index (χ2v) is 13.5. The Morgan fingerprint density at radius 1 is 0.575 bits per heavy atom. The molecule has 0 unspecified atom stereocenters. The zero-order valence-electron chi connectivity index (χ0n) is 23.3. The predicted molar refractivity (Wildman–Crippen MR) is 167 cm³/mol. The molecule has 0 aliphatic heterocycles. The van der Waals surface area contributed by atoms with E-state index in [1.165, 1.54) is 75.3 Å². The first-order valence-corrected chi connectivity index (χ1v) is 16.0. The van der Waals surface area contributed by atoms with Crippen LogP contribution in [0.5, 0.6) is 0 Å². The van der Waals surface area contributed by atoms with E-state index in [1.54, 1.807) is 5.30 Å². The molecule has 4 aromatic carbocycles. The molecule has 2 aliphatic carbocycles. The molecule has 0 amide bonds. The van der Waals surface area contributed by atoms with Crippen molar-refractivity contribution in [1.82, 2.24) is 0 Å². The molecule has 0 saturated heterocycles. The maximum atomic E-state index is 5.83. The number of nitrogens with two attached hydrogens (primary N) is 1. The van der Waals surface area contributed by atoms with Crippen LogP contribution in [0.1, 0.15) is 64.2 Å². The average Bonchev–Trinajstić information content (AvgIpc) is 3.00. The van der Waals surface area contributed by atoms with Crippen LogP contribution in [-0.4, -0.2) is 11.3 Å². The fraction of sp³-hybridized carbons (Fsp3) is 0.333. The zero-order chi connectivity index (χ0) is 26.0. The molecule has 40 heavy (non-hydrogen) atoms. The van der Waals surface area contributed by atoms with E-state index in [-0.39, 0.29) is 40.8 Å². The van der Waals surface area contributed by atoms with E-state index in [4.69, 9.17) is 5.73 Å². The van der Waals surface area contributed by atoms with Gasteiger partial charge < -0.3 is 18.1 Å². The number of halogens is 1. The Morgan fingerprint density at radius 3 is 1.68 bits per heavy atom. The van der Waals surface area contributed by atoms with Crippen molar-refractivity contribution in [1.29, 1.82) is 0 Å². The van der Waals surface area contributed by atoms with Gasteiger partial charge in [-0.3, -0.25) is 0 Å². The first-order chi connectivity index (χ1) is 18.8. The monoisotopic (exact) mass is 659 g/mol. The van der Waals surface area contributed by atoms with Crippen LogP contribution in [0.2, 0.25) is 0 Å². The summed E-state index contributed by atoms with van der Waals surface area (Å²) in [5, 5.41) is 1.71. The average molecular weight is 661 g/mol. The molecule has 0 spiro atoms. The number of hydrogen-bond donors (Lipinski definition) is 1. The van der Waals surface area contributed by atoms with Gasteiger partial charge in [0.1, 0.15) is 0 Å². The van der Waals surface area contributed by atoms with Gasteiger partial charge in [-0.25, -0.2) is 0 Å². The second-order valence-electron chi connectivity index (χ2n) is 10.7. The van der Waals surface area contributed by atoms with E-state index in [0.29, 0.717) is 0 Å². The van der Waals surface area contributed by atoms with Crippen molar-refractivity contribution in [3.63, 3.8) is 0 Å². The molecule has 6 rings (SSSR count). The van der Waals surface area contributed by atoms with Gasteiger partial charge in [-0.1, -0.05) is 144 Å². The van der Waals surface area contributed by atoms with E-state index >= 15 is 0 Å². The summed E-state index contributed by atoms with van der Waals surface area (Å²) in [6.07, 6.45) is 14.7. The van der Waals surface area contributed by atoms with Crippen molar-refractivity contribution in [2.24, 2.45) is 0 Å². The molecule has 1 nitrogen and oxygen atoms in total. The molecule has 0 aromatic heterocycles. The van der Waals surface area contributed by atoms with Gasteiger partial charge in [0.05, 0.1) is 0 Å². The Bertz CT molecular complexity index is 1240. The van der Waals surface area contributed by atoms with Gasteiger partial charge in [-0.2, -0.15) is 0 Å². The SMILES string of the molecule is Nc1ccccc1-c1[c]cccc1.[Cl-].[Pd].c1ccc(-c2ccccc2P(C2CCCCC2)C2CCCCC2)cc1. The minimum atomic E-state index is -0.0365. The van der Waals surface area contributed by atoms with Gasteiger partial charge in [0.15, 0.2) is 0 Å². The number of rotatable bonds is 5. The van der Waals surface area contributed by atoms with Gasteiger partial charge >= 0.3 is 0 Å². The van der Waals surface area contributed by atoms with Crippen LogP contribution < -0.4 is 23.4 Å². The summed E-state index contributed by atoms with van der Waals surface area (Å²) in [6.45, 7) is 0. The maximum Gasteiger partial charge on any atom is 0.0393 e. The minimum absolute atomic E-state index is 0. The molecule has 0 bridgehead atoms. The number of nitrogen functional groups attached to an aromatic ring is 1. The molecule has 1 radical (unpaired) electrons. The number of benzene rings is 4. The van der Waals surface area contributed by atoms with Crippen molar-refractivity contribution in [2.75, 3.05) is 5.73 Å². The maximum absolute atomic E-state index is 5.83. The molecule has 0 atom stereocenters. The van der Waals surface area contributed by atoms with Crippen LogP contribution in [-0.2, 0) is 20.4 Å². The van der Waals surface area contributed by atoms with E-state index in [0.717, 1.165) is 28.1 Å². The van der Waals surface area contributed by atoms with Crippen LogP contribution in [0.15, 0.2) is 103 Å². The third-order valence-electron chi connectivity index (χ3n) is 8.16. The van der Waals surface area contributed by atoms with Gasteiger partial charge in [0.25, 0.3) is 0 Å². The van der Waals surface area contributed by atoms with Crippen LogP contribution in [0.4, 0.5) is 5.69 Å². The molecular formula is C36H41ClNPPd-. The molecule has 4 aromatic rings. The van der Waals surface area contributed by atoms with E-state index in [9.17, 15) is 0 Å². The summed E-state index contributed by atoms with van der Waals surface area (Å²) in [5.41, 5.74) is 13.6. The topological polar surface area (TPSA) is 26.0 Å². The molecule has 2 aliphatic rings. The third-order valence-corrected chi connectivity index (χ3v) is 11.7. The molecule has 213 valence electrons. The van der Waals surface area contributed by atoms with Gasteiger partial charge in [-0.05, 0) is 71.1 Å². The number of para-hydroxylation sites is 1. The number of anilines is 1. The summed E-state index contributed by atoms with van der Waals surface area (Å²) < 4.78 is 0. The normalized spacial score (nSPS) is 15.7. The quantitative estimate of drug-likeness (QED) is 0.141. The smallest absolute Gasteiger partial charge is 0.0393 e. The summed E-state index contributed by atoms with van der Waals surface area (Å²) in [4.78, 5) is 0. The molecular weight excluding hydrogens is 619 g/mol. The molecule has 2 N–H and O–H groups in total. The minimum Gasteiger partial charge on any atom is -1.00 e. The van der Waals surface area contributed by atoms with E-state index < -0.39 is 0 Å². The van der Waals surface area contributed by atoms with Crippen molar-refractivity contribution >= 4 is 18.9 Å². The van der Waals surface area contributed by atoms with E-state index in [2.05, 4.69) is 60.7 Å².